The standard InChI is InChI=1S/C15H22N4OS/c1-3-20-8-7-18-5-6-19(10-12(18)2)15-14-13(4-9-21-14)16-11-17-15/h4,9,11-12H,3,5-8,10H2,1-2H3. The van der Waals surface area contributed by atoms with Crippen molar-refractivity contribution < 1.29 is 4.74 Å². The third-order valence-corrected chi connectivity index (χ3v) is 4.92. The van der Waals surface area contributed by atoms with Gasteiger partial charge < -0.3 is 9.64 Å². The molecule has 0 amide bonds. The SMILES string of the molecule is CCOCCN1CCN(c2ncnc3ccsc23)CC1C. The van der Waals surface area contributed by atoms with E-state index in [0.717, 1.165) is 50.7 Å². The fourth-order valence-electron chi connectivity index (χ4n) is 2.85. The summed E-state index contributed by atoms with van der Waals surface area (Å²) in [5.41, 5.74) is 1.05. The highest BCUT2D eigenvalue weighted by Crippen LogP contribution is 2.29. The van der Waals surface area contributed by atoms with Gasteiger partial charge in [0, 0.05) is 38.8 Å². The maximum Gasteiger partial charge on any atom is 0.150 e. The van der Waals surface area contributed by atoms with E-state index in [-0.39, 0.29) is 0 Å². The van der Waals surface area contributed by atoms with Gasteiger partial charge in [-0.05, 0) is 25.3 Å². The second-order valence-electron chi connectivity index (χ2n) is 5.36. The number of ether oxygens (including phenoxy) is 1. The Bertz CT molecular complexity index is 588. The zero-order valence-electron chi connectivity index (χ0n) is 12.7. The molecule has 114 valence electrons. The van der Waals surface area contributed by atoms with Crippen LogP contribution in [0.25, 0.3) is 10.2 Å². The Morgan fingerprint density at radius 3 is 3.10 bits per heavy atom. The highest BCUT2D eigenvalue weighted by Gasteiger charge is 2.25. The second kappa shape index (κ2) is 6.68. The molecule has 1 unspecified atom stereocenters. The monoisotopic (exact) mass is 306 g/mol. The van der Waals surface area contributed by atoms with Crippen molar-refractivity contribution in [2.24, 2.45) is 0 Å². The first-order valence-corrected chi connectivity index (χ1v) is 8.42. The lowest BCUT2D eigenvalue weighted by Gasteiger charge is -2.40. The van der Waals surface area contributed by atoms with Crippen molar-refractivity contribution in [1.29, 1.82) is 0 Å². The van der Waals surface area contributed by atoms with Crippen LogP contribution in [-0.4, -0.2) is 60.3 Å². The topological polar surface area (TPSA) is 41.5 Å². The predicted molar refractivity (Wildman–Crippen MR) is 87.2 cm³/mol. The molecule has 0 spiro atoms. The van der Waals surface area contributed by atoms with Crippen LogP contribution in [0.5, 0.6) is 0 Å². The lowest BCUT2D eigenvalue weighted by Crippen LogP contribution is -2.53. The zero-order chi connectivity index (χ0) is 14.7. The minimum Gasteiger partial charge on any atom is -0.380 e. The predicted octanol–water partition coefficient (Wildman–Crippen LogP) is 2.24. The molecule has 1 fully saturated rings. The Hall–Kier alpha value is -1.24. The van der Waals surface area contributed by atoms with Gasteiger partial charge in [-0.2, -0.15) is 0 Å². The van der Waals surface area contributed by atoms with E-state index in [9.17, 15) is 0 Å². The van der Waals surface area contributed by atoms with E-state index in [4.69, 9.17) is 4.74 Å². The summed E-state index contributed by atoms with van der Waals surface area (Å²) >= 11 is 1.73. The van der Waals surface area contributed by atoms with Crippen molar-refractivity contribution in [2.75, 3.05) is 44.3 Å². The number of anilines is 1. The summed E-state index contributed by atoms with van der Waals surface area (Å²) < 4.78 is 6.67. The van der Waals surface area contributed by atoms with Gasteiger partial charge in [-0.25, -0.2) is 9.97 Å². The van der Waals surface area contributed by atoms with Crippen LogP contribution in [0.15, 0.2) is 17.8 Å². The van der Waals surface area contributed by atoms with Gasteiger partial charge in [-0.3, -0.25) is 4.90 Å². The van der Waals surface area contributed by atoms with Crippen molar-refractivity contribution in [1.82, 2.24) is 14.9 Å². The third-order valence-electron chi connectivity index (χ3n) is 4.02. The molecule has 1 saturated heterocycles. The molecule has 3 rings (SSSR count). The minimum atomic E-state index is 0.518. The number of aromatic nitrogens is 2. The van der Waals surface area contributed by atoms with Gasteiger partial charge in [0.15, 0.2) is 0 Å². The van der Waals surface area contributed by atoms with Gasteiger partial charge in [0.1, 0.15) is 12.1 Å². The van der Waals surface area contributed by atoms with Crippen LogP contribution in [0.4, 0.5) is 5.82 Å². The van der Waals surface area contributed by atoms with Crippen LogP contribution >= 0.6 is 11.3 Å². The normalized spacial score (nSPS) is 20.3. The molecule has 0 N–H and O–H groups in total. The molecule has 0 aliphatic carbocycles. The van der Waals surface area contributed by atoms with Crippen LogP contribution in [0.1, 0.15) is 13.8 Å². The van der Waals surface area contributed by atoms with Crippen LogP contribution in [0, 0.1) is 0 Å². The van der Waals surface area contributed by atoms with Gasteiger partial charge in [-0.1, -0.05) is 0 Å². The first kappa shape index (κ1) is 14.7. The number of fused-ring (bicyclic) bond motifs is 1. The van der Waals surface area contributed by atoms with Crippen molar-refractivity contribution in [2.45, 2.75) is 19.9 Å². The molecule has 3 heterocycles. The molecule has 21 heavy (non-hydrogen) atoms. The van der Waals surface area contributed by atoms with Gasteiger partial charge in [0.05, 0.1) is 16.8 Å². The molecule has 6 heteroatoms. The minimum absolute atomic E-state index is 0.518. The maximum absolute atomic E-state index is 5.47. The molecule has 1 aliphatic heterocycles. The van der Waals surface area contributed by atoms with E-state index in [2.05, 4.69) is 38.1 Å². The zero-order valence-corrected chi connectivity index (χ0v) is 13.5. The molecule has 0 aromatic carbocycles. The molecule has 1 atom stereocenters. The molecule has 2 aromatic rings. The first-order valence-electron chi connectivity index (χ1n) is 7.54. The number of hydrogen-bond donors (Lipinski definition) is 0. The van der Waals surface area contributed by atoms with E-state index < -0.39 is 0 Å². The van der Waals surface area contributed by atoms with Crippen LogP contribution in [0.2, 0.25) is 0 Å². The number of rotatable bonds is 5. The summed E-state index contributed by atoms with van der Waals surface area (Å²) in [4.78, 5) is 13.7. The summed E-state index contributed by atoms with van der Waals surface area (Å²) in [6, 6.07) is 2.58. The molecule has 1 aliphatic rings. The number of nitrogens with zero attached hydrogens (tertiary/aromatic N) is 4. The molecular formula is C15H22N4OS. The maximum atomic E-state index is 5.47. The van der Waals surface area contributed by atoms with Crippen LogP contribution in [0.3, 0.4) is 0 Å². The largest absolute Gasteiger partial charge is 0.380 e. The highest BCUT2D eigenvalue weighted by atomic mass is 32.1. The average molecular weight is 306 g/mol. The molecule has 2 aromatic heterocycles. The van der Waals surface area contributed by atoms with Crippen molar-refractivity contribution >= 4 is 27.4 Å². The number of piperazine rings is 1. The fraction of sp³-hybridized carbons (Fsp3) is 0.600. The summed E-state index contributed by atoms with van der Waals surface area (Å²) in [6.45, 7) is 10.0. The van der Waals surface area contributed by atoms with Crippen molar-refractivity contribution in [3.05, 3.63) is 17.8 Å². The van der Waals surface area contributed by atoms with Gasteiger partial charge in [-0.15, -0.1) is 11.3 Å². The lowest BCUT2D eigenvalue weighted by atomic mass is 10.2. The van der Waals surface area contributed by atoms with Crippen LogP contribution < -0.4 is 4.90 Å². The Labute approximate surface area is 129 Å². The summed E-state index contributed by atoms with van der Waals surface area (Å²) in [5, 5.41) is 2.09. The smallest absolute Gasteiger partial charge is 0.150 e. The van der Waals surface area contributed by atoms with E-state index in [1.165, 1.54) is 4.70 Å². The summed E-state index contributed by atoms with van der Waals surface area (Å²) in [5.74, 6) is 1.09. The van der Waals surface area contributed by atoms with Crippen LogP contribution in [-0.2, 0) is 4.74 Å². The lowest BCUT2D eigenvalue weighted by molar-refractivity contribution is 0.0925. The number of thiophene rings is 1. The quantitative estimate of drug-likeness (QED) is 0.793. The Balaban J connectivity index is 1.68. The number of hydrogen-bond acceptors (Lipinski definition) is 6. The Morgan fingerprint density at radius 1 is 1.38 bits per heavy atom. The summed E-state index contributed by atoms with van der Waals surface area (Å²) in [6.07, 6.45) is 1.68. The van der Waals surface area contributed by atoms with E-state index in [1.807, 2.05) is 6.92 Å². The highest BCUT2D eigenvalue weighted by molar-refractivity contribution is 7.17. The molecule has 0 saturated carbocycles. The first-order chi connectivity index (χ1) is 10.3. The third kappa shape index (κ3) is 3.17. The van der Waals surface area contributed by atoms with E-state index >= 15 is 0 Å². The van der Waals surface area contributed by atoms with E-state index in [1.54, 1.807) is 17.7 Å². The molecule has 5 nitrogen and oxygen atoms in total. The fourth-order valence-corrected chi connectivity index (χ4v) is 3.71. The molecular weight excluding hydrogens is 284 g/mol. The van der Waals surface area contributed by atoms with E-state index in [0.29, 0.717) is 6.04 Å². The summed E-state index contributed by atoms with van der Waals surface area (Å²) in [7, 11) is 0. The second-order valence-corrected chi connectivity index (χ2v) is 6.28. The molecule has 0 bridgehead atoms. The Kier molecular flexibility index (Phi) is 4.67. The Morgan fingerprint density at radius 2 is 2.29 bits per heavy atom. The van der Waals surface area contributed by atoms with Crippen molar-refractivity contribution in [3.63, 3.8) is 0 Å². The van der Waals surface area contributed by atoms with Gasteiger partial charge >= 0.3 is 0 Å². The van der Waals surface area contributed by atoms with Gasteiger partial charge in [0.2, 0.25) is 0 Å². The van der Waals surface area contributed by atoms with Gasteiger partial charge in [0.25, 0.3) is 0 Å². The molecule has 0 radical (unpaired) electrons. The average Bonchev–Trinajstić information content (AvgIpc) is 2.97. The van der Waals surface area contributed by atoms with Crippen molar-refractivity contribution in [3.8, 4) is 0 Å².